The molecule has 0 aliphatic carbocycles. The van der Waals surface area contributed by atoms with E-state index in [0.29, 0.717) is 6.54 Å². The number of amides is 1. The summed E-state index contributed by atoms with van der Waals surface area (Å²) in [6.07, 6.45) is 0. The Bertz CT molecular complexity index is 619. The van der Waals surface area contributed by atoms with E-state index < -0.39 is 0 Å². The van der Waals surface area contributed by atoms with E-state index in [9.17, 15) is 4.79 Å². The fourth-order valence-corrected chi connectivity index (χ4v) is 3.06. The van der Waals surface area contributed by atoms with Crippen LogP contribution in [0.2, 0.25) is 5.02 Å². The Kier molecular flexibility index (Phi) is 6.96. The van der Waals surface area contributed by atoms with Gasteiger partial charge in [-0.2, -0.15) is 0 Å². The van der Waals surface area contributed by atoms with Crippen molar-refractivity contribution in [1.82, 2.24) is 5.32 Å². The second kappa shape index (κ2) is 8.96. The highest BCUT2D eigenvalue weighted by Crippen LogP contribution is 2.21. The molecule has 0 radical (unpaired) electrons. The molecule has 0 fully saturated rings. The summed E-state index contributed by atoms with van der Waals surface area (Å²) in [6, 6.07) is 17.1. The molecule has 0 saturated heterocycles. The van der Waals surface area contributed by atoms with Crippen LogP contribution in [0, 0.1) is 5.92 Å². The molecule has 0 spiro atoms. The molecular weight excluding hydrogens is 328 g/mol. The number of hydrogen-bond acceptors (Lipinski definition) is 3. The molecule has 0 heterocycles. The predicted molar refractivity (Wildman–Crippen MR) is 97.7 cm³/mol. The Morgan fingerprint density at radius 2 is 1.83 bits per heavy atom. The zero-order chi connectivity index (χ0) is 16.7. The second-order valence-electron chi connectivity index (χ2n) is 5.32. The molecule has 0 aliphatic rings. The number of hydrogen-bond donors (Lipinski definition) is 2. The first-order valence-electron chi connectivity index (χ1n) is 7.54. The van der Waals surface area contributed by atoms with Crippen LogP contribution in [0.1, 0.15) is 18.5 Å². The van der Waals surface area contributed by atoms with Crippen LogP contribution in [0.15, 0.2) is 59.5 Å². The van der Waals surface area contributed by atoms with Crippen molar-refractivity contribution in [2.24, 2.45) is 11.7 Å². The smallest absolute Gasteiger partial charge is 0.224 e. The molecule has 0 aliphatic heterocycles. The summed E-state index contributed by atoms with van der Waals surface area (Å²) in [5.74, 6) is 0.525. The van der Waals surface area contributed by atoms with E-state index in [1.807, 2.05) is 61.5 Å². The third kappa shape index (κ3) is 5.57. The number of rotatable bonds is 7. The average molecular weight is 349 g/mol. The van der Waals surface area contributed by atoms with Gasteiger partial charge in [0.25, 0.3) is 0 Å². The highest BCUT2D eigenvalue weighted by molar-refractivity contribution is 7.99. The normalized spacial score (nSPS) is 13.3. The van der Waals surface area contributed by atoms with Crippen molar-refractivity contribution in [3.63, 3.8) is 0 Å². The first-order valence-corrected chi connectivity index (χ1v) is 8.91. The van der Waals surface area contributed by atoms with Gasteiger partial charge in [0.2, 0.25) is 5.91 Å². The maximum Gasteiger partial charge on any atom is 0.224 e. The zero-order valence-electron chi connectivity index (χ0n) is 13.0. The molecule has 2 aromatic rings. The number of nitrogens with two attached hydrogens (primary N) is 1. The Morgan fingerprint density at radius 1 is 1.17 bits per heavy atom. The minimum absolute atomic E-state index is 0.0157. The van der Waals surface area contributed by atoms with Gasteiger partial charge < -0.3 is 11.1 Å². The van der Waals surface area contributed by atoms with Crippen molar-refractivity contribution >= 4 is 29.3 Å². The van der Waals surface area contributed by atoms with Gasteiger partial charge in [0.05, 0.1) is 5.92 Å². The van der Waals surface area contributed by atoms with Gasteiger partial charge in [0.1, 0.15) is 0 Å². The highest BCUT2D eigenvalue weighted by Gasteiger charge is 2.21. The fourth-order valence-electron chi connectivity index (χ4n) is 2.16. The van der Waals surface area contributed by atoms with Gasteiger partial charge in [0, 0.05) is 28.3 Å². The molecule has 1 amide bonds. The van der Waals surface area contributed by atoms with Crippen LogP contribution in [0.5, 0.6) is 0 Å². The Balaban J connectivity index is 1.74. The number of halogens is 1. The first kappa shape index (κ1) is 17.9. The lowest BCUT2D eigenvalue weighted by molar-refractivity contribution is -0.125. The van der Waals surface area contributed by atoms with E-state index in [4.69, 9.17) is 17.3 Å². The van der Waals surface area contributed by atoms with Gasteiger partial charge in [-0.25, -0.2) is 0 Å². The van der Waals surface area contributed by atoms with E-state index in [1.165, 1.54) is 0 Å². The Labute approximate surface area is 146 Å². The van der Waals surface area contributed by atoms with Crippen molar-refractivity contribution in [1.29, 1.82) is 0 Å². The van der Waals surface area contributed by atoms with Gasteiger partial charge in [0.15, 0.2) is 0 Å². The SMILES string of the molecule is CC(C(=O)NCCSc1ccc(Cl)cc1)C(N)c1ccccc1. The highest BCUT2D eigenvalue weighted by atomic mass is 35.5. The summed E-state index contributed by atoms with van der Waals surface area (Å²) in [7, 11) is 0. The molecule has 5 heteroatoms. The lowest BCUT2D eigenvalue weighted by Crippen LogP contribution is -2.36. The van der Waals surface area contributed by atoms with Crippen molar-refractivity contribution in [2.75, 3.05) is 12.3 Å². The summed E-state index contributed by atoms with van der Waals surface area (Å²) in [4.78, 5) is 13.3. The molecule has 3 nitrogen and oxygen atoms in total. The van der Waals surface area contributed by atoms with Gasteiger partial charge in [-0.05, 0) is 29.8 Å². The molecular formula is C18H21ClN2OS. The van der Waals surface area contributed by atoms with Gasteiger partial charge >= 0.3 is 0 Å². The molecule has 2 unspecified atom stereocenters. The van der Waals surface area contributed by atoms with Crippen LogP contribution >= 0.6 is 23.4 Å². The summed E-state index contributed by atoms with van der Waals surface area (Å²) < 4.78 is 0. The number of nitrogens with one attached hydrogen (secondary N) is 1. The second-order valence-corrected chi connectivity index (χ2v) is 6.92. The minimum Gasteiger partial charge on any atom is -0.355 e. The minimum atomic E-state index is -0.292. The number of carbonyl (C=O) groups excluding carboxylic acids is 1. The van der Waals surface area contributed by atoms with Crippen LogP contribution in [-0.4, -0.2) is 18.2 Å². The van der Waals surface area contributed by atoms with E-state index in [1.54, 1.807) is 11.8 Å². The fraction of sp³-hybridized carbons (Fsp3) is 0.278. The summed E-state index contributed by atoms with van der Waals surface area (Å²) in [6.45, 7) is 2.47. The maximum atomic E-state index is 12.2. The lowest BCUT2D eigenvalue weighted by Gasteiger charge is -2.19. The summed E-state index contributed by atoms with van der Waals surface area (Å²) in [5.41, 5.74) is 7.15. The number of benzene rings is 2. The molecule has 2 aromatic carbocycles. The predicted octanol–water partition coefficient (Wildman–Crippen LogP) is 3.88. The van der Waals surface area contributed by atoms with Crippen LogP contribution in [0.4, 0.5) is 0 Å². The third-order valence-corrected chi connectivity index (χ3v) is 4.89. The number of thioether (sulfide) groups is 1. The monoisotopic (exact) mass is 348 g/mol. The van der Waals surface area contributed by atoms with Crippen molar-refractivity contribution in [3.8, 4) is 0 Å². The topological polar surface area (TPSA) is 55.1 Å². The molecule has 3 N–H and O–H groups in total. The molecule has 0 saturated carbocycles. The van der Waals surface area contributed by atoms with Crippen LogP contribution in [0.25, 0.3) is 0 Å². The maximum absolute atomic E-state index is 12.2. The van der Waals surface area contributed by atoms with Crippen molar-refractivity contribution in [3.05, 3.63) is 65.2 Å². The van der Waals surface area contributed by atoms with Crippen LogP contribution < -0.4 is 11.1 Å². The van der Waals surface area contributed by atoms with Gasteiger partial charge in [-0.1, -0.05) is 48.9 Å². The molecule has 2 atom stereocenters. The third-order valence-electron chi connectivity index (χ3n) is 3.62. The van der Waals surface area contributed by atoms with Crippen molar-refractivity contribution < 1.29 is 4.79 Å². The lowest BCUT2D eigenvalue weighted by atomic mass is 9.95. The Morgan fingerprint density at radius 3 is 2.48 bits per heavy atom. The van der Waals surface area contributed by atoms with Gasteiger partial charge in [-0.15, -0.1) is 11.8 Å². The van der Waals surface area contributed by atoms with Gasteiger partial charge in [-0.3, -0.25) is 4.79 Å². The van der Waals surface area contributed by atoms with Crippen LogP contribution in [-0.2, 0) is 4.79 Å². The zero-order valence-corrected chi connectivity index (χ0v) is 14.6. The molecule has 23 heavy (non-hydrogen) atoms. The van der Waals surface area contributed by atoms with E-state index in [2.05, 4.69) is 5.32 Å². The van der Waals surface area contributed by atoms with E-state index in [-0.39, 0.29) is 17.9 Å². The Hall–Kier alpha value is -1.49. The molecule has 0 bridgehead atoms. The number of carbonyl (C=O) groups is 1. The van der Waals surface area contributed by atoms with E-state index in [0.717, 1.165) is 21.2 Å². The average Bonchev–Trinajstić information content (AvgIpc) is 2.59. The molecule has 0 aromatic heterocycles. The summed E-state index contributed by atoms with van der Waals surface area (Å²) in [5, 5.41) is 3.68. The largest absolute Gasteiger partial charge is 0.355 e. The van der Waals surface area contributed by atoms with Crippen molar-refractivity contribution in [2.45, 2.75) is 17.9 Å². The van der Waals surface area contributed by atoms with E-state index >= 15 is 0 Å². The first-order chi connectivity index (χ1) is 11.1. The van der Waals surface area contributed by atoms with Crippen LogP contribution in [0.3, 0.4) is 0 Å². The standard InChI is InChI=1S/C18H21ClN2OS/c1-13(17(20)14-5-3-2-4-6-14)18(22)21-11-12-23-16-9-7-15(19)8-10-16/h2-10,13,17H,11-12,20H2,1H3,(H,21,22). The molecule has 122 valence electrons. The molecule has 2 rings (SSSR count). The quantitative estimate of drug-likeness (QED) is 0.589. The summed E-state index contributed by atoms with van der Waals surface area (Å²) >= 11 is 7.53.